The Morgan fingerprint density at radius 2 is 2.07 bits per heavy atom. The average Bonchev–Trinajstić information content (AvgIpc) is 2.13. The molecule has 7 heteroatoms. The van der Waals surface area contributed by atoms with Crippen molar-refractivity contribution in [2.24, 2.45) is 0 Å². The van der Waals surface area contributed by atoms with Gasteiger partial charge in [0.25, 0.3) is 0 Å². The van der Waals surface area contributed by atoms with Crippen LogP contribution < -0.4 is 4.90 Å². The summed E-state index contributed by atoms with van der Waals surface area (Å²) in [5.41, 5.74) is 0. The number of rotatable bonds is 3. The molecule has 3 nitrogen and oxygen atoms in total. The molecular formula is C8H9ClF3N3. The summed E-state index contributed by atoms with van der Waals surface area (Å²) < 4.78 is 35.8. The zero-order valence-electron chi connectivity index (χ0n) is 7.92. The Labute approximate surface area is 89.9 Å². The zero-order chi connectivity index (χ0) is 11.5. The minimum absolute atomic E-state index is 0.156. The Hall–Kier alpha value is -1.04. The van der Waals surface area contributed by atoms with E-state index in [9.17, 15) is 13.2 Å². The van der Waals surface area contributed by atoms with Gasteiger partial charge in [-0.25, -0.2) is 9.97 Å². The molecule has 0 atom stereocenters. The zero-order valence-corrected chi connectivity index (χ0v) is 8.68. The van der Waals surface area contributed by atoms with Crippen molar-refractivity contribution in [2.75, 3.05) is 18.5 Å². The quantitative estimate of drug-likeness (QED) is 0.759. The molecule has 0 amide bonds. The van der Waals surface area contributed by atoms with Gasteiger partial charge in [0.2, 0.25) is 0 Å². The van der Waals surface area contributed by atoms with Crippen molar-refractivity contribution in [3.63, 3.8) is 0 Å². The van der Waals surface area contributed by atoms with E-state index in [-0.39, 0.29) is 11.7 Å². The molecule has 1 aromatic rings. The van der Waals surface area contributed by atoms with E-state index in [2.05, 4.69) is 9.97 Å². The number of halogens is 4. The topological polar surface area (TPSA) is 29.0 Å². The van der Waals surface area contributed by atoms with Crippen molar-refractivity contribution in [1.82, 2.24) is 9.97 Å². The van der Waals surface area contributed by atoms with E-state index >= 15 is 0 Å². The molecule has 0 bridgehead atoms. The Bertz CT molecular complexity index is 329. The van der Waals surface area contributed by atoms with Gasteiger partial charge in [0.1, 0.15) is 17.3 Å². The lowest BCUT2D eigenvalue weighted by molar-refractivity contribution is -0.132. The first kappa shape index (κ1) is 12.0. The van der Waals surface area contributed by atoms with Crippen LogP contribution in [0.5, 0.6) is 0 Å². The Morgan fingerprint density at radius 3 is 2.60 bits per heavy atom. The third-order valence-electron chi connectivity index (χ3n) is 1.74. The Balaban J connectivity index is 2.58. The molecule has 0 saturated heterocycles. The van der Waals surface area contributed by atoms with Gasteiger partial charge in [-0.2, -0.15) is 13.2 Å². The van der Waals surface area contributed by atoms with Gasteiger partial charge < -0.3 is 4.90 Å². The lowest BCUT2D eigenvalue weighted by Gasteiger charge is -2.18. The highest BCUT2D eigenvalue weighted by molar-refractivity contribution is 6.29. The summed E-state index contributed by atoms with van der Waals surface area (Å²) in [4.78, 5) is 8.82. The Morgan fingerprint density at radius 1 is 1.40 bits per heavy atom. The van der Waals surface area contributed by atoms with Gasteiger partial charge in [-0.1, -0.05) is 11.6 Å². The summed E-state index contributed by atoms with van der Waals surface area (Å²) in [7, 11) is 1.52. The molecule has 0 saturated carbocycles. The molecule has 0 spiro atoms. The summed E-state index contributed by atoms with van der Waals surface area (Å²) in [6, 6.07) is 1.41. The van der Waals surface area contributed by atoms with E-state index in [0.717, 1.165) is 0 Å². The van der Waals surface area contributed by atoms with Gasteiger partial charge in [-0.15, -0.1) is 0 Å². The van der Waals surface area contributed by atoms with E-state index in [0.29, 0.717) is 5.82 Å². The van der Waals surface area contributed by atoms with Gasteiger partial charge in [0.15, 0.2) is 0 Å². The second-order valence-corrected chi connectivity index (χ2v) is 3.37. The number of alkyl halides is 3. The normalized spacial score (nSPS) is 11.5. The molecule has 1 rings (SSSR count). The number of aromatic nitrogens is 2. The maximum absolute atomic E-state index is 11.9. The highest BCUT2D eigenvalue weighted by Gasteiger charge is 2.27. The van der Waals surface area contributed by atoms with Crippen LogP contribution >= 0.6 is 11.6 Å². The highest BCUT2D eigenvalue weighted by atomic mass is 35.5. The molecule has 0 fully saturated rings. The predicted octanol–water partition coefficient (Wildman–Crippen LogP) is 2.52. The lowest BCUT2D eigenvalue weighted by atomic mass is 10.4. The standard InChI is InChI=1S/C8H9ClF3N3/c1-15(3-2-8(10,11)12)7-4-6(9)13-5-14-7/h4-5H,2-3H2,1H3. The van der Waals surface area contributed by atoms with Crippen LogP contribution in [-0.2, 0) is 0 Å². The van der Waals surface area contributed by atoms with Crippen molar-refractivity contribution in [2.45, 2.75) is 12.6 Å². The van der Waals surface area contributed by atoms with Gasteiger partial charge in [-0.05, 0) is 0 Å². The van der Waals surface area contributed by atoms with Crippen LogP contribution in [0.15, 0.2) is 12.4 Å². The van der Waals surface area contributed by atoms with Crippen LogP contribution in [-0.4, -0.2) is 29.7 Å². The number of hydrogen-bond donors (Lipinski definition) is 0. The molecule has 0 unspecified atom stereocenters. The second kappa shape index (κ2) is 4.65. The highest BCUT2D eigenvalue weighted by Crippen LogP contribution is 2.21. The SMILES string of the molecule is CN(CCC(F)(F)F)c1cc(Cl)ncn1. The van der Waals surface area contributed by atoms with Gasteiger partial charge in [-0.3, -0.25) is 0 Å². The molecule has 15 heavy (non-hydrogen) atoms. The van der Waals surface area contributed by atoms with Crippen molar-refractivity contribution < 1.29 is 13.2 Å². The van der Waals surface area contributed by atoms with Crippen molar-refractivity contribution in [3.8, 4) is 0 Å². The molecule has 0 aromatic carbocycles. The van der Waals surface area contributed by atoms with E-state index in [1.165, 1.54) is 24.3 Å². The maximum atomic E-state index is 11.9. The minimum Gasteiger partial charge on any atom is -0.359 e. The van der Waals surface area contributed by atoms with E-state index in [4.69, 9.17) is 11.6 Å². The van der Waals surface area contributed by atoms with Crippen LogP contribution in [0.3, 0.4) is 0 Å². The molecule has 0 aliphatic heterocycles. The molecule has 0 aliphatic carbocycles. The smallest absolute Gasteiger partial charge is 0.359 e. The number of anilines is 1. The molecule has 84 valence electrons. The third-order valence-corrected chi connectivity index (χ3v) is 1.95. The van der Waals surface area contributed by atoms with Gasteiger partial charge in [0.05, 0.1) is 6.42 Å². The van der Waals surface area contributed by atoms with Crippen LogP contribution in [0, 0.1) is 0 Å². The Kier molecular flexibility index (Phi) is 3.73. The average molecular weight is 240 g/mol. The third kappa shape index (κ3) is 4.33. The van der Waals surface area contributed by atoms with Crippen LogP contribution in [0.4, 0.5) is 19.0 Å². The fourth-order valence-electron chi connectivity index (χ4n) is 0.942. The summed E-state index contributed by atoms with van der Waals surface area (Å²) in [6.07, 6.45) is -3.84. The van der Waals surface area contributed by atoms with E-state index < -0.39 is 12.6 Å². The lowest BCUT2D eigenvalue weighted by Crippen LogP contribution is -2.24. The summed E-state index contributed by atoms with van der Waals surface area (Å²) in [5.74, 6) is 0.374. The summed E-state index contributed by atoms with van der Waals surface area (Å²) in [6.45, 7) is -0.156. The van der Waals surface area contributed by atoms with E-state index in [1.807, 2.05) is 0 Å². The van der Waals surface area contributed by atoms with Gasteiger partial charge >= 0.3 is 6.18 Å². The fraction of sp³-hybridized carbons (Fsp3) is 0.500. The molecule has 1 heterocycles. The van der Waals surface area contributed by atoms with E-state index in [1.54, 1.807) is 0 Å². The fourth-order valence-corrected chi connectivity index (χ4v) is 1.08. The monoisotopic (exact) mass is 239 g/mol. The largest absolute Gasteiger partial charge is 0.390 e. The molecular weight excluding hydrogens is 231 g/mol. The first-order valence-corrected chi connectivity index (χ1v) is 4.52. The predicted molar refractivity (Wildman–Crippen MR) is 51.0 cm³/mol. The summed E-state index contributed by atoms with van der Waals surface area (Å²) in [5, 5.41) is 0.207. The number of nitrogens with zero attached hydrogens (tertiary/aromatic N) is 3. The van der Waals surface area contributed by atoms with Gasteiger partial charge in [0, 0.05) is 19.7 Å². The summed E-state index contributed by atoms with van der Waals surface area (Å²) >= 11 is 5.58. The first-order valence-electron chi connectivity index (χ1n) is 4.14. The maximum Gasteiger partial charge on any atom is 0.390 e. The first-order chi connectivity index (χ1) is 6.88. The molecule has 1 aromatic heterocycles. The number of hydrogen-bond acceptors (Lipinski definition) is 3. The van der Waals surface area contributed by atoms with Crippen LogP contribution in [0.1, 0.15) is 6.42 Å². The second-order valence-electron chi connectivity index (χ2n) is 2.99. The van der Waals surface area contributed by atoms with Crippen molar-refractivity contribution in [1.29, 1.82) is 0 Å². The van der Waals surface area contributed by atoms with Crippen molar-refractivity contribution >= 4 is 17.4 Å². The molecule has 0 aliphatic rings. The van der Waals surface area contributed by atoms with Crippen LogP contribution in [0.2, 0.25) is 5.15 Å². The van der Waals surface area contributed by atoms with Crippen LogP contribution in [0.25, 0.3) is 0 Å². The van der Waals surface area contributed by atoms with Crippen molar-refractivity contribution in [3.05, 3.63) is 17.5 Å². The molecule has 0 N–H and O–H groups in total. The minimum atomic E-state index is -4.16. The molecule has 0 radical (unpaired) electrons.